The molecule has 2 aromatic rings. The lowest BCUT2D eigenvalue weighted by atomic mass is 10.1. The van der Waals surface area contributed by atoms with Gasteiger partial charge >= 0.3 is 0 Å². The molecular formula is C15H10F2N2O. The number of hydrogen-bond acceptors (Lipinski definition) is 2. The number of benzene rings is 2. The fourth-order valence-electron chi connectivity index (χ4n) is 1.71. The van der Waals surface area contributed by atoms with Crippen LogP contribution in [0.1, 0.15) is 11.1 Å². The highest BCUT2D eigenvalue weighted by Crippen LogP contribution is 2.16. The van der Waals surface area contributed by atoms with E-state index in [1.807, 2.05) is 0 Å². The molecule has 100 valence electrons. The number of carbonyl (C=O) groups is 1. The summed E-state index contributed by atoms with van der Waals surface area (Å²) in [6, 6.07) is 11.2. The molecule has 0 aliphatic rings. The van der Waals surface area contributed by atoms with Gasteiger partial charge in [-0.05, 0) is 35.9 Å². The second-order valence-electron chi connectivity index (χ2n) is 4.16. The molecule has 1 amide bonds. The fourth-order valence-corrected chi connectivity index (χ4v) is 1.71. The van der Waals surface area contributed by atoms with E-state index in [4.69, 9.17) is 5.26 Å². The average molecular weight is 272 g/mol. The molecule has 20 heavy (non-hydrogen) atoms. The summed E-state index contributed by atoms with van der Waals surface area (Å²) in [5, 5.41) is 11.0. The summed E-state index contributed by atoms with van der Waals surface area (Å²) in [6.45, 7) is 0. The SMILES string of the molecule is N#Cc1ccc(NC(=O)Cc2cccc(F)c2)c(F)c1. The van der Waals surface area contributed by atoms with Crippen molar-refractivity contribution in [3.05, 3.63) is 65.2 Å². The molecule has 0 saturated heterocycles. The monoisotopic (exact) mass is 272 g/mol. The van der Waals surface area contributed by atoms with Gasteiger partial charge in [-0.2, -0.15) is 5.26 Å². The number of carbonyl (C=O) groups excluding carboxylic acids is 1. The Hall–Kier alpha value is -2.74. The maximum absolute atomic E-state index is 13.6. The summed E-state index contributed by atoms with van der Waals surface area (Å²) in [7, 11) is 0. The van der Waals surface area contributed by atoms with Gasteiger partial charge in [-0.1, -0.05) is 12.1 Å². The third kappa shape index (κ3) is 3.39. The lowest BCUT2D eigenvalue weighted by molar-refractivity contribution is -0.115. The Balaban J connectivity index is 2.07. The second-order valence-corrected chi connectivity index (χ2v) is 4.16. The lowest BCUT2D eigenvalue weighted by Gasteiger charge is -2.06. The number of nitrogens with zero attached hydrogens (tertiary/aromatic N) is 1. The predicted octanol–water partition coefficient (Wildman–Crippen LogP) is 3.02. The van der Waals surface area contributed by atoms with Crippen LogP contribution in [-0.2, 0) is 11.2 Å². The summed E-state index contributed by atoms with van der Waals surface area (Å²) in [4.78, 5) is 11.7. The largest absolute Gasteiger partial charge is 0.323 e. The molecule has 5 heteroatoms. The van der Waals surface area contributed by atoms with E-state index in [1.54, 1.807) is 12.1 Å². The van der Waals surface area contributed by atoms with Gasteiger partial charge in [0.2, 0.25) is 5.91 Å². The molecule has 0 bridgehead atoms. The van der Waals surface area contributed by atoms with Crippen molar-refractivity contribution in [1.82, 2.24) is 0 Å². The van der Waals surface area contributed by atoms with Gasteiger partial charge in [-0.15, -0.1) is 0 Å². The van der Waals surface area contributed by atoms with Crippen LogP contribution in [0.15, 0.2) is 42.5 Å². The second kappa shape index (κ2) is 5.93. The third-order valence-corrected chi connectivity index (χ3v) is 2.63. The topological polar surface area (TPSA) is 52.9 Å². The molecule has 0 aliphatic heterocycles. The van der Waals surface area contributed by atoms with Crippen LogP contribution in [0.25, 0.3) is 0 Å². The van der Waals surface area contributed by atoms with Crippen molar-refractivity contribution in [3.8, 4) is 6.07 Å². The number of amides is 1. The molecule has 0 saturated carbocycles. The highest BCUT2D eigenvalue weighted by molar-refractivity contribution is 5.92. The molecule has 0 fully saturated rings. The first-order valence-electron chi connectivity index (χ1n) is 5.82. The summed E-state index contributed by atoms with van der Waals surface area (Å²) in [5.41, 5.74) is 0.660. The molecule has 2 aromatic carbocycles. The molecule has 0 unspecified atom stereocenters. The van der Waals surface area contributed by atoms with Crippen LogP contribution in [0, 0.1) is 23.0 Å². The van der Waals surface area contributed by atoms with Gasteiger partial charge in [0.15, 0.2) is 0 Å². The number of halogens is 2. The smallest absolute Gasteiger partial charge is 0.228 e. The zero-order valence-electron chi connectivity index (χ0n) is 10.4. The standard InChI is InChI=1S/C15H10F2N2O/c16-12-3-1-2-10(6-12)8-15(20)19-14-5-4-11(9-18)7-13(14)17/h1-7H,8H2,(H,19,20). The van der Waals surface area contributed by atoms with E-state index in [0.717, 1.165) is 6.07 Å². The minimum Gasteiger partial charge on any atom is -0.323 e. The molecule has 3 nitrogen and oxygen atoms in total. The number of nitrogens with one attached hydrogen (secondary N) is 1. The molecule has 0 atom stereocenters. The Kier molecular flexibility index (Phi) is 4.06. The van der Waals surface area contributed by atoms with E-state index < -0.39 is 17.5 Å². The third-order valence-electron chi connectivity index (χ3n) is 2.63. The van der Waals surface area contributed by atoms with Crippen molar-refractivity contribution in [2.24, 2.45) is 0 Å². The molecule has 0 heterocycles. The van der Waals surface area contributed by atoms with Crippen molar-refractivity contribution in [2.45, 2.75) is 6.42 Å². The van der Waals surface area contributed by atoms with Gasteiger partial charge in [0.25, 0.3) is 0 Å². The van der Waals surface area contributed by atoms with E-state index in [-0.39, 0.29) is 17.7 Å². The van der Waals surface area contributed by atoms with Gasteiger partial charge in [0.05, 0.1) is 23.7 Å². The molecule has 0 spiro atoms. The number of anilines is 1. The lowest BCUT2D eigenvalue weighted by Crippen LogP contribution is -2.15. The molecule has 1 N–H and O–H groups in total. The predicted molar refractivity (Wildman–Crippen MR) is 69.8 cm³/mol. The zero-order valence-corrected chi connectivity index (χ0v) is 10.4. The van der Waals surface area contributed by atoms with Crippen molar-refractivity contribution in [2.75, 3.05) is 5.32 Å². The van der Waals surface area contributed by atoms with Crippen molar-refractivity contribution in [3.63, 3.8) is 0 Å². The van der Waals surface area contributed by atoms with Crippen LogP contribution in [-0.4, -0.2) is 5.91 Å². The van der Waals surface area contributed by atoms with Crippen molar-refractivity contribution < 1.29 is 13.6 Å². The Labute approximate surface area is 114 Å². The Morgan fingerprint density at radius 3 is 2.65 bits per heavy atom. The van der Waals surface area contributed by atoms with E-state index in [2.05, 4.69) is 5.32 Å². The highest BCUT2D eigenvalue weighted by Gasteiger charge is 2.09. The maximum atomic E-state index is 13.6. The normalized spacial score (nSPS) is 9.85. The van der Waals surface area contributed by atoms with Crippen LogP contribution in [0.2, 0.25) is 0 Å². The van der Waals surface area contributed by atoms with Crippen LogP contribution in [0.3, 0.4) is 0 Å². The first-order valence-corrected chi connectivity index (χ1v) is 5.82. The van der Waals surface area contributed by atoms with Gasteiger partial charge in [-0.3, -0.25) is 4.79 Å². The average Bonchev–Trinajstić information content (AvgIpc) is 2.41. The minimum atomic E-state index is -0.684. The van der Waals surface area contributed by atoms with Gasteiger partial charge in [-0.25, -0.2) is 8.78 Å². The summed E-state index contributed by atoms with van der Waals surface area (Å²) >= 11 is 0. The van der Waals surface area contributed by atoms with E-state index in [9.17, 15) is 13.6 Å². The Morgan fingerprint density at radius 2 is 2.00 bits per heavy atom. The molecule has 0 aliphatic carbocycles. The molecule has 2 rings (SSSR count). The highest BCUT2D eigenvalue weighted by atomic mass is 19.1. The summed E-state index contributed by atoms with van der Waals surface area (Å²) < 4.78 is 26.5. The number of rotatable bonds is 3. The summed E-state index contributed by atoms with van der Waals surface area (Å²) in [5.74, 6) is -1.57. The van der Waals surface area contributed by atoms with Crippen molar-refractivity contribution >= 4 is 11.6 Å². The molecule has 0 radical (unpaired) electrons. The number of hydrogen-bond donors (Lipinski definition) is 1. The van der Waals surface area contributed by atoms with Crippen LogP contribution in [0.5, 0.6) is 0 Å². The van der Waals surface area contributed by atoms with Crippen LogP contribution >= 0.6 is 0 Å². The van der Waals surface area contributed by atoms with Gasteiger partial charge in [0.1, 0.15) is 11.6 Å². The molecular weight excluding hydrogens is 262 g/mol. The van der Waals surface area contributed by atoms with E-state index in [0.29, 0.717) is 5.56 Å². The number of nitriles is 1. The first-order chi connectivity index (χ1) is 9.58. The Bertz CT molecular complexity index is 693. The van der Waals surface area contributed by atoms with Crippen LogP contribution in [0.4, 0.5) is 14.5 Å². The van der Waals surface area contributed by atoms with Crippen molar-refractivity contribution in [1.29, 1.82) is 5.26 Å². The summed E-state index contributed by atoms with van der Waals surface area (Å²) in [6.07, 6.45) is -0.0583. The fraction of sp³-hybridized carbons (Fsp3) is 0.0667. The quantitative estimate of drug-likeness (QED) is 0.933. The maximum Gasteiger partial charge on any atom is 0.228 e. The Morgan fingerprint density at radius 1 is 1.20 bits per heavy atom. The van der Waals surface area contributed by atoms with Gasteiger partial charge < -0.3 is 5.32 Å². The van der Waals surface area contributed by atoms with E-state index >= 15 is 0 Å². The minimum absolute atomic E-state index is 0.00889. The first kappa shape index (κ1) is 13.7. The van der Waals surface area contributed by atoms with E-state index in [1.165, 1.54) is 30.3 Å². The zero-order chi connectivity index (χ0) is 14.5. The van der Waals surface area contributed by atoms with Crippen LogP contribution < -0.4 is 5.32 Å². The van der Waals surface area contributed by atoms with Gasteiger partial charge in [0, 0.05) is 0 Å². The molecule has 0 aromatic heterocycles.